The van der Waals surface area contributed by atoms with E-state index in [0.29, 0.717) is 34.9 Å². The van der Waals surface area contributed by atoms with Crippen LogP contribution in [0.5, 0.6) is 5.75 Å². The summed E-state index contributed by atoms with van der Waals surface area (Å²) < 4.78 is 5.64. The summed E-state index contributed by atoms with van der Waals surface area (Å²) in [7, 11) is 0. The Kier molecular flexibility index (Phi) is 5.49. The van der Waals surface area contributed by atoms with Gasteiger partial charge in [0.25, 0.3) is 5.91 Å². The van der Waals surface area contributed by atoms with Crippen molar-refractivity contribution in [3.05, 3.63) is 34.8 Å². The molecule has 2 aromatic rings. The van der Waals surface area contributed by atoms with Gasteiger partial charge in [-0.3, -0.25) is 10.1 Å². The minimum Gasteiger partial charge on any atom is -0.493 e. The molecule has 1 heterocycles. The average molecular weight is 319 g/mol. The summed E-state index contributed by atoms with van der Waals surface area (Å²) in [6.07, 6.45) is 0. The van der Waals surface area contributed by atoms with Crippen molar-refractivity contribution in [3.63, 3.8) is 0 Å². The van der Waals surface area contributed by atoms with Gasteiger partial charge in [0, 0.05) is 11.5 Å². The van der Waals surface area contributed by atoms with E-state index < -0.39 is 0 Å². The van der Waals surface area contributed by atoms with Crippen molar-refractivity contribution in [1.82, 2.24) is 10.2 Å². The molecule has 0 aliphatic carbocycles. The van der Waals surface area contributed by atoms with Gasteiger partial charge in [0.05, 0.1) is 6.61 Å². The van der Waals surface area contributed by atoms with E-state index in [1.807, 2.05) is 26.0 Å². The van der Waals surface area contributed by atoms with Crippen LogP contribution in [0.2, 0.25) is 0 Å². The molecule has 1 aromatic heterocycles. The first-order valence-electron chi connectivity index (χ1n) is 7.33. The van der Waals surface area contributed by atoms with Crippen LogP contribution in [0.4, 0.5) is 5.13 Å². The fourth-order valence-corrected chi connectivity index (χ4v) is 2.42. The lowest BCUT2D eigenvalue weighted by Gasteiger charge is -2.09. The van der Waals surface area contributed by atoms with Crippen molar-refractivity contribution in [2.75, 3.05) is 11.9 Å². The van der Waals surface area contributed by atoms with E-state index >= 15 is 0 Å². The molecule has 0 saturated heterocycles. The summed E-state index contributed by atoms with van der Waals surface area (Å²) in [5, 5.41) is 12.2. The third kappa shape index (κ3) is 4.53. The summed E-state index contributed by atoms with van der Waals surface area (Å²) in [5.74, 6) is 1.23. The molecule has 0 saturated carbocycles. The van der Waals surface area contributed by atoms with Crippen LogP contribution < -0.4 is 10.1 Å². The van der Waals surface area contributed by atoms with E-state index in [1.54, 1.807) is 12.1 Å². The molecule has 118 valence electrons. The highest BCUT2D eigenvalue weighted by Crippen LogP contribution is 2.23. The number of hydrogen-bond donors (Lipinski definition) is 1. The average Bonchev–Trinajstić information content (AvgIpc) is 2.94. The number of hydrogen-bond acceptors (Lipinski definition) is 5. The van der Waals surface area contributed by atoms with Crippen molar-refractivity contribution < 1.29 is 9.53 Å². The van der Waals surface area contributed by atoms with Gasteiger partial charge in [-0.2, -0.15) is 0 Å². The van der Waals surface area contributed by atoms with Crippen LogP contribution in [0.15, 0.2) is 24.3 Å². The number of rotatable bonds is 6. The molecule has 0 bridgehead atoms. The highest BCUT2D eigenvalue weighted by Gasteiger charge is 2.12. The number of carbonyl (C=O) groups is 1. The highest BCUT2D eigenvalue weighted by atomic mass is 32.1. The first kappa shape index (κ1) is 16.4. The van der Waals surface area contributed by atoms with Crippen molar-refractivity contribution in [2.24, 2.45) is 5.92 Å². The van der Waals surface area contributed by atoms with Crippen LogP contribution >= 0.6 is 11.3 Å². The second kappa shape index (κ2) is 7.35. The maximum Gasteiger partial charge on any atom is 0.257 e. The fraction of sp³-hybridized carbons (Fsp3) is 0.438. The molecule has 0 spiro atoms. The Balaban J connectivity index is 2.03. The molecule has 0 unspecified atom stereocenters. The van der Waals surface area contributed by atoms with Gasteiger partial charge >= 0.3 is 0 Å². The molecule has 1 N–H and O–H groups in total. The molecule has 6 heteroatoms. The van der Waals surface area contributed by atoms with Crippen LogP contribution in [0.1, 0.15) is 49.0 Å². The van der Waals surface area contributed by atoms with Crippen molar-refractivity contribution in [1.29, 1.82) is 0 Å². The Morgan fingerprint density at radius 1 is 1.27 bits per heavy atom. The Hall–Kier alpha value is -1.95. The van der Waals surface area contributed by atoms with Crippen molar-refractivity contribution in [3.8, 4) is 5.75 Å². The van der Waals surface area contributed by atoms with E-state index in [9.17, 15) is 4.79 Å². The number of amides is 1. The van der Waals surface area contributed by atoms with E-state index in [-0.39, 0.29) is 5.91 Å². The zero-order chi connectivity index (χ0) is 16.1. The van der Waals surface area contributed by atoms with Crippen molar-refractivity contribution >= 4 is 22.4 Å². The normalized spacial score (nSPS) is 11.0. The Bertz CT molecular complexity index is 638. The number of anilines is 1. The topological polar surface area (TPSA) is 64.1 Å². The summed E-state index contributed by atoms with van der Waals surface area (Å²) >= 11 is 1.40. The maximum atomic E-state index is 12.3. The lowest BCUT2D eigenvalue weighted by Crippen LogP contribution is -2.12. The van der Waals surface area contributed by atoms with Crippen LogP contribution in [0, 0.1) is 5.92 Å². The van der Waals surface area contributed by atoms with Gasteiger partial charge < -0.3 is 4.74 Å². The molecular weight excluding hydrogens is 298 g/mol. The number of ether oxygens (including phenoxy) is 1. The van der Waals surface area contributed by atoms with Gasteiger partial charge in [0.15, 0.2) is 0 Å². The molecule has 1 amide bonds. The van der Waals surface area contributed by atoms with E-state index in [2.05, 4.69) is 29.4 Å². The lowest BCUT2D eigenvalue weighted by atomic mass is 10.2. The second-order valence-electron chi connectivity index (χ2n) is 5.79. The summed E-state index contributed by atoms with van der Waals surface area (Å²) in [6, 6.07) is 7.15. The minimum absolute atomic E-state index is 0.207. The molecule has 0 radical (unpaired) electrons. The van der Waals surface area contributed by atoms with Crippen LogP contribution in [-0.2, 0) is 0 Å². The predicted octanol–water partition coefficient (Wildman–Crippen LogP) is 3.95. The smallest absolute Gasteiger partial charge is 0.257 e. The van der Waals surface area contributed by atoms with Gasteiger partial charge in [-0.05, 0) is 24.1 Å². The number of benzene rings is 1. The van der Waals surface area contributed by atoms with E-state index in [1.165, 1.54) is 11.3 Å². The molecule has 2 rings (SSSR count). The Labute approximate surface area is 134 Å². The van der Waals surface area contributed by atoms with Crippen LogP contribution in [0.3, 0.4) is 0 Å². The first-order valence-corrected chi connectivity index (χ1v) is 8.15. The van der Waals surface area contributed by atoms with Gasteiger partial charge in [0.2, 0.25) is 5.13 Å². The first-order chi connectivity index (χ1) is 10.5. The fourth-order valence-electron chi connectivity index (χ4n) is 1.68. The number of nitrogens with zero attached hydrogens (tertiary/aromatic N) is 2. The van der Waals surface area contributed by atoms with Crippen molar-refractivity contribution in [2.45, 2.75) is 33.6 Å². The Morgan fingerprint density at radius 2 is 2.05 bits per heavy atom. The molecule has 22 heavy (non-hydrogen) atoms. The van der Waals surface area contributed by atoms with E-state index in [0.717, 1.165) is 5.01 Å². The summed E-state index contributed by atoms with van der Waals surface area (Å²) in [5.41, 5.74) is 0.544. The molecule has 1 aromatic carbocycles. The highest BCUT2D eigenvalue weighted by molar-refractivity contribution is 7.15. The molecule has 0 aliphatic heterocycles. The van der Waals surface area contributed by atoms with E-state index in [4.69, 9.17) is 4.74 Å². The number of nitrogens with one attached hydrogen (secondary N) is 1. The Morgan fingerprint density at radius 3 is 2.68 bits per heavy atom. The van der Waals surface area contributed by atoms with Gasteiger partial charge in [0.1, 0.15) is 10.8 Å². The van der Waals surface area contributed by atoms with Gasteiger partial charge in [-0.25, -0.2) is 0 Å². The maximum absolute atomic E-state index is 12.3. The standard InChI is InChI=1S/C16H21N3O2S/c1-10(2)9-21-13-7-5-6-12(8-13)14(20)17-16-19-18-15(22-16)11(3)4/h5-8,10-11H,9H2,1-4H3,(H,17,19,20). The number of aromatic nitrogens is 2. The van der Waals surface area contributed by atoms with Crippen LogP contribution in [0.25, 0.3) is 0 Å². The molecular formula is C16H21N3O2S. The monoisotopic (exact) mass is 319 g/mol. The molecule has 0 fully saturated rings. The van der Waals surface area contributed by atoms with Crippen LogP contribution in [-0.4, -0.2) is 22.7 Å². The summed E-state index contributed by atoms with van der Waals surface area (Å²) in [4.78, 5) is 12.3. The zero-order valence-corrected chi connectivity index (χ0v) is 14.1. The van der Waals surface area contributed by atoms with Gasteiger partial charge in [-0.15, -0.1) is 10.2 Å². The third-order valence-corrected chi connectivity index (χ3v) is 3.97. The number of carbonyl (C=O) groups excluding carboxylic acids is 1. The SMILES string of the molecule is CC(C)COc1cccc(C(=O)Nc2nnc(C(C)C)s2)c1. The molecule has 5 nitrogen and oxygen atoms in total. The lowest BCUT2D eigenvalue weighted by molar-refractivity contribution is 0.102. The van der Waals surface area contributed by atoms with Gasteiger partial charge in [-0.1, -0.05) is 45.1 Å². The quantitative estimate of drug-likeness (QED) is 0.875. The minimum atomic E-state index is -0.207. The third-order valence-electron chi connectivity index (χ3n) is 2.83. The molecule has 0 atom stereocenters. The summed E-state index contributed by atoms with van der Waals surface area (Å²) in [6.45, 7) is 8.87. The largest absolute Gasteiger partial charge is 0.493 e. The molecule has 0 aliphatic rings. The second-order valence-corrected chi connectivity index (χ2v) is 6.80. The predicted molar refractivity (Wildman–Crippen MR) is 88.7 cm³/mol. The zero-order valence-electron chi connectivity index (χ0n) is 13.3.